The summed E-state index contributed by atoms with van der Waals surface area (Å²) in [7, 11) is -3.71. The van der Waals surface area contributed by atoms with E-state index in [-0.39, 0.29) is 30.2 Å². The Balaban J connectivity index is 1.79. The minimum atomic E-state index is -3.71. The fraction of sp³-hybridized carbons (Fsp3) is 0.200. The Morgan fingerprint density at radius 3 is 2.28 bits per heavy atom. The molecule has 0 aromatic heterocycles. The molecule has 0 aliphatic heterocycles. The van der Waals surface area contributed by atoms with E-state index in [4.69, 9.17) is 9.47 Å². The Labute approximate surface area is 169 Å². The zero-order chi connectivity index (χ0) is 21.3. The van der Waals surface area contributed by atoms with Crippen molar-refractivity contribution in [3.05, 3.63) is 72.3 Å². The van der Waals surface area contributed by atoms with Gasteiger partial charge in [0.2, 0.25) is 0 Å². The van der Waals surface area contributed by atoms with Crippen LogP contribution in [-0.2, 0) is 30.9 Å². The molecule has 0 heterocycles. The summed E-state index contributed by atoms with van der Waals surface area (Å²) in [5, 5.41) is 2.44. The second-order valence-electron chi connectivity index (χ2n) is 6.03. The smallest absolute Gasteiger partial charge is 0.407 e. The van der Waals surface area contributed by atoms with E-state index in [1.165, 1.54) is 19.1 Å². The van der Waals surface area contributed by atoms with Gasteiger partial charge in [-0.3, -0.25) is 4.72 Å². The van der Waals surface area contributed by atoms with Crippen molar-refractivity contribution < 1.29 is 27.5 Å². The molecule has 9 heteroatoms. The summed E-state index contributed by atoms with van der Waals surface area (Å²) < 4.78 is 37.1. The maximum atomic E-state index is 12.4. The summed E-state index contributed by atoms with van der Waals surface area (Å²) in [5.74, 6) is -0.531. The van der Waals surface area contributed by atoms with Crippen LogP contribution in [0.2, 0.25) is 0 Å². The number of hydrogen-bond donors (Lipinski definition) is 2. The summed E-state index contributed by atoms with van der Waals surface area (Å²) in [6.07, 6.45) is -0.682. The highest BCUT2D eigenvalue weighted by Crippen LogP contribution is 2.16. The van der Waals surface area contributed by atoms with Crippen LogP contribution in [0.25, 0.3) is 0 Å². The molecule has 2 aromatic rings. The normalized spacial score (nSPS) is 10.7. The fourth-order valence-corrected chi connectivity index (χ4v) is 3.16. The molecule has 0 radical (unpaired) electrons. The van der Waals surface area contributed by atoms with Crippen molar-refractivity contribution in [1.82, 2.24) is 5.32 Å². The number of rotatable bonds is 9. The Hall–Kier alpha value is -3.33. The van der Waals surface area contributed by atoms with Gasteiger partial charge in [-0.1, -0.05) is 36.9 Å². The van der Waals surface area contributed by atoms with Gasteiger partial charge in [0, 0.05) is 11.3 Å². The third kappa shape index (κ3) is 7.30. The lowest BCUT2D eigenvalue weighted by Crippen LogP contribution is -2.28. The van der Waals surface area contributed by atoms with Gasteiger partial charge >= 0.3 is 12.1 Å². The van der Waals surface area contributed by atoms with Gasteiger partial charge in [-0.2, -0.15) is 0 Å². The third-order valence-corrected chi connectivity index (χ3v) is 4.98. The van der Waals surface area contributed by atoms with Crippen molar-refractivity contribution in [2.75, 3.05) is 17.9 Å². The molecule has 0 aliphatic carbocycles. The average Bonchev–Trinajstić information content (AvgIpc) is 2.70. The number of nitrogens with one attached hydrogen (secondary N) is 2. The molecule has 0 fully saturated rings. The Morgan fingerprint density at radius 2 is 1.66 bits per heavy atom. The predicted octanol–water partition coefficient (Wildman–Crippen LogP) is 2.83. The van der Waals surface area contributed by atoms with Gasteiger partial charge in [0.15, 0.2) is 0 Å². The highest BCUT2D eigenvalue weighted by atomic mass is 32.2. The van der Waals surface area contributed by atoms with Gasteiger partial charge in [-0.15, -0.1) is 0 Å². The number of sulfonamides is 1. The average molecular weight is 418 g/mol. The molecule has 2 rings (SSSR count). The van der Waals surface area contributed by atoms with Crippen LogP contribution in [0.1, 0.15) is 12.5 Å². The molecule has 0 saturated heterocycles. The first-order chi connectivity index (χ1) is 13.8. The van der Waals surface area contributed by atoms with Crippen molar-refractivity contribution in [3.8, 4) is 0 Å². The number of benzene rings is 2. The Kier molecular flexibility index (Phi) is 7.79. The second-order valence-corrected chi connectivity index (χ2v) is 7.72. The van der Waals surface area contributed by atoms with Gasteiger partial charge in [-0.25, -0.2) is 18.0 Å². The number of alkyl carbamates (subject to hydrolysis) is 1. The lowest BCUT2D eigenvalue weighted by atomic mass is 10.2. The molecule has 2 N–H and O–H groups in total. The molecule has 154 valence electrons. The Bertz CT molecular complexity index is 956. The first kappa shape index (κ1) is 22.0. The van der Waals surface area contributed by atoms with E-state index in [2.05, 4.69) is 16.6 Å². The van der Waals surface area contributed by atoms with Crippen molar-refractivity contribution >= 4 is 27.8 Å². The third-order valence-electron chi connectivity index (χ3n) is 3.58. The summed E-state index contributed by atoms with van der Waals surface area (Å²) in [4.78, 5) is 22.9. The molecule has 0 aliphatic rings. The van der Waals surface area contributed by atoms with E-state index < -0.39 is 22.1 Å². The second kappa shape index (κ2) is 10.3. The van der Waals surface area contributed by atoms with Crippen LogP contribution in [0.15, 0.2) is 71.6 Å². The maximum Gasteiger partial charge on any atom is 0.407 e. The first-order valence-corrected chi connectivity index (χ1v) is 10.2. The van der Waals surface area contributed by atoms with Crippen LogP contribution in [0.4, 0.5) is 10.5 Å². The number of para-hydroxylation sites is 1. The van der Waals surface area contributed by atoms with E-state index in [1.807, 2.05) is 0 Å². The number of carbonyl (C=O) groups excluding carboxylic acids is 2. The molecule has 0 spiro atoms. The number of carbonyl (C=O) groups is 2. The summed E-state index contributed by atoms with van der Waals surface area (Å²) in [6.45, 7) is 5.03. The van der Waals surface area contributed by atoms with E-state index >= 15 is 0 Å². The van der Waals surface area contributed by atoms with Crippen molar-refractivity contribution in [3.63, 3.8) is 0 Å². The topological polar surface area (TPSA) is 111 Å². The van der Waals surface area contributed by atoms with Gasteiger partial charge in [0.05, 0.1) is 11.4 Å². The highest BCUT2D eigenvalue weighted by molar-refractivity contribution is 7.92. The van der Waals surface area contributed by atoms with E-state index in [0.29, 0.717) is 11.3 Å². The zero-order valence-electron chi connectivity index (χ0n) is 15.9. The van der Waals surface area contributed by atoms with Crippen LogP contribution in [0.5, 0.6) is 0 Å². The minimum absolute atomic E-state index is 0.00175. The van der Waals surface area contributed by atoms with E-state index in [1.54, 1.807) is 42.5 Å². The number of amides is 1. The van der Waals surface area contributed by atoms with Gasteiger partial charge in [-0.05, 0) is 36.8 Å². The molecule has 29 heavy (non-hydrogen) atoms. The number of anilines is 1. The molecule has 0 atom stereocenters. The number of esters is 1. The largest absolute Gasteiger partial charge is 0.460 e. The predicted molar refractivity (Wildman–Crippen MR) is 108 cm³/mol. The fourth-order valence-electron chi connectivity index (χ4n) is 2.11. The summed E-state index contributed by atoms with van der Waals surface area (Å²) in [6, 6.07) is 14.5. The zero-order valence-corrected chi connectivity index (χ0v) is 16.7. The maximum absolute atomic E-state index is 12.4. The van der Waals surface area contributed by atoms with Gasteiger partial charge in [0.25, 0.3) is 10.0 Å². The Morgan fingerprint density at radius 1 is 1.00 bits per heavy atom. The highest BCUT2D eigenvalue weighted by Gasteiger charge is 2.14. The number of ether oxygens (including phenoxy) is 2. The van der Waals surface area contributed by atoms with Crippen LogP contribution >= 0.6 is 0 Å². The van der Waals surface area contributed by atoms with E-state index in [0.717, 1.165) is 0 Å². The molecule has 8 nitrogen and oxygen atoms in total. The molecule has 0 unspecified atom stereocenters. The van der Waals surface area contributed by atoms with Crippen LogP contribution < -0.4 is 10.0 Å². The monoisotopic (exact) mass is 418 g/mol. The van der Waals surface area contributed by atoms with Crippen molar-refractivity contribution in [1.29, 1.82) is 0 Å². The summed E-state index contributed by atoms with van der Waals surface area (Å²) in [5.41, 5.74) is 1.36. The molecular weight excluding hydrogens is 396 g/mol. The first-order valence-electron chi connectivity index (χ1n) is 8.68. The standard InChI is InChI=1S/C20H22N2O6S/c1-15(2)19(23)27-13-12-21-20(24)28-14-16-8-10-18(11-9-16)29(25,26)22-17-6-4-3-5-7-17/h3-11,22H,1,12-14H2,2H3,(H,21,24). The molecule has 0 saturated carbocycles. The number of hydrogen-bond acceptors (Lipinski definition) is 6. The van der Waals surface area contributed by atoms with Gasteiger partial charge in [0.1, 0.15) is 13.2 Å². The lowest BCUT2D eigenvalue weighted by Gasteiger charge is -2.10. The van der Waals surface area contributed by atoms with Crippen molar-refractivity contribution in [2.24, 2.45) is 0 Å². The lowest BCUT2D eigenvalue weighted by molar-refractivity contribution is -0.138. The SMILES string of the molecule is C=C(C)C(=O)OCCNC(=O)OCc1ccc(S(=O)(=O)Nc2ccccc2)cc1. The summed E-state index contributed by atoms with van der Waals surface area (Å²) >= 11 is 0. The van der Waals surface area contributed by atoms with E-state index in [9.17, 15) is 18.0 Å². The van der Waals surface area contributed by atoms with Crippen LogP contribution in [-0.4, -0.2) is 33.6 Å². The van der Waals surface area contributed by atoms with Crippen LogP contribution in [0.3, 0.4) is 0 Å². The van der Waals surface area contributed by atoms with Crippen molar-refractivity contribution in [2.45, 2.75) is 18.4 Å². The minimum Gasteiger partial charge on any atom is -0.460 e. The van der Waals surface area contributed by atoms with Crippen LogP contribution in [0, 0.1) is 0 Å². The molecule has 1 amide bonds. The molecule has 2 aromatic carbocycles. The quantitative estimate of drug-likeness (QED) is 0.368. The van der Waals surface area contributed by atoms with Gasteiger partial charge < -0.3 is 14.8 Å². The molecular formula is C20H22N2O6S. The molecule has 0 bridgehead atoms.